The summed E-state index contributed by atoms with van der Waals surface area (Å²) in [7, 11) is 0. The second-order valence-corrected chi connectivity index (χ2v) is 5.29. The second kappa shape index (κ2) is 5.49. The summed E-state index contributed by atoms with van der Waals surface area (Å²) in [4.78, 5) is 27.8. The standard InChI is InChI=1S/C16H18N2O2/c19-15-11-14(17-9-5-2-6-10-17)16(20)18(15)12-13-7-3-1-4-8-13/h1,3-4,7-8,11H,2,5-6,9-10,12H2. The molecule has 0 atom stereocenters. The van der Waals surface area contributed by atoms with E-state index in [4.69, 9.17) is 0 Å². The van der Waals surface area contributed by atoms with Crippen LogP contribution in [0.3, 0.4) is 0 Å². The van der Waals surface area contributed by atoms with Gasteiger partial charge >= 0.3 is 0 Å². The summed E-state index contributed by atoms with van der Waals surface area (Å²) in [5.74, 6) is -0.347. The van der Waals surface area contributed by atoms with Crippen LogP contribution >= 0.6 is 0 Å². The third kappa shape index (κ3) is 2.46. The monoisotopic (exact) mass is 270 g/mol. The Hall–Kier alpha value is -2.10. The average Bonchev–Trinajstić information content (AvgIpc) is 2.77. The quantitative estimate of drug-likeness (QED) is 0.788. The normalized spacial score (nSPS) is 19.5. The van der Waals surface area contributed by atoms with Gasteiger partial charge in [-0.25, -0.2) is 0 Å². The van der Waals surface area contributed by atoms with Gasteiger partial charge in [-0.05, 0) is 24.8 Å². The molecule has 0 radical (unpaired) electrons. The molecule has 1 aromatic rings. The fraction of sp³-hybridized carbons (Fsp3) is 0.375. The zero-order valence-corrected chi connectivity index (χ0v) is 11.4. The van der Waals surface area contributed by atoms with Crippen molar-refractivity contribution in [1.82, 2.24) is 9.80 Å². The summed E-state index contributed by atoms with van der Waals surface area (Å²) in [6.45, 7) is 2.11. The Kier molecular flexibility index (Phi) is 3.54. The van der Waals surface area contributed by atoms with E-state index in [1.54, 1.807) is 0 Å². The Balaban J connectivity index is 1.73. The highest BCUT2D eigenvalue weighted by Crippen LogP contribution is 2.22. The molecule has 2 aliphatic heterocycles. The zero-order valence-electron chi connectivity index (χ0n) is 11.4. The summed E-state index contributed by atoms with van der Waals surface area (Å²) in [5.41, 5.74) is 1.55. The number of hydrogen-bond acceptors (Lipinski definition) is 3. The van der Waals surface area contributed by atoms with Crippen LogP contribution in [-0.4, -0.2) is 34.7 Å². The lowest BCUT2D eigenvalue weighted by atomic mass is 10.1. The van der Waals surface area contributed by atoms with Crippen LogP contribution in [0.2, 0.25) is 0 Å². The van der Waals surface area contributed by atoms with Crippen molar-refractivity contribution >= 4 is 11.8 Å². The minimum Gasteiger partial charge on any atom is -0.367 e. The van der Waals surface area contributed by atoms with Gasteiger partial charge in [-0.2, -0.15) is 0 Å². The molecule has 2 aliphatic rings. The van der Waals surface area contributed by atoms with Gasteiger partial charge in [0.2, 0.25) is 0 Å². The lowest BCUT2D eigenvalue weighted by Gasteiger charge is -2.29. The Morgan fingerprint density at radius 2 is 1.65 bits per heavy atom. The van der Waals surface area contributed by atoms with Crippen molar-refractivity contribution in [3.05, 3.63) is 47.7 Å². The van der Waals surface area contributed by atoms with E-state index in [2.05, 4.69) is 4.90 Å². The molecule has 104 valence electrons. The van der Waals surface area contributed by atoms with Crippen molar-refractivity contribution in [3.63, 3.8) is 0 Å². The van der Waals surface area contributed by atoms with Gasteiger partial charge < -0.3 is 4.90 Å². The van der Waals surface area contributed by atoms with Gasteiger partial charge in [0.1, 0.15) is 5.70 Å². The molecule has 0 spiro atoms. The van der Waals surface area contributed by atoms with Crippen LogP contribution in [0.15, 0.2) is 42.1 Å². The van der Waals surface area contributed by atoms with Crippen molar-refractivity contribution in [3.8, 4) is 0 Å². The lowest BCUT2D eigenvalue weighted by Crippen LogP contribution is -2.36. The summed E-state index contributed by atoms with van der Waals surface area (Å²) < 4.78 is 0. The second-order valence-electron chi connectivity index (χ2n) is 5.29. The van der Waals surface area contributed by atoms with E-state index >= 15 is 0 Å². The predicted molar refractivity (Wildman–Crippen MR) is 75.5 cm³/mol. The van der Waals surface area contributed by atoms with E-state index in [0.717, 1.165) is 31.5 Å². The Labute approximate surface area is 118 Å². The maximum Gasteiger partial charge on any atom is 0.277 e. The number of imide groups is 1. The minimum absolute atomic E-state index is 0.152. The van der Waals surface area contributed by atoms with Crippen molar-refractivity contribution < 1.29 is 9.59 Å². The fourth-order valence-corrected chi connectivity index (χ4v) is 2.77. The lowest BCUT2D eigenvalue weighted by molar-refractivity contribution is -0.138. The topological polar surface area (TPSA) is 40.6 Å². The molecule has 1 aromatic carbocycles. The maximum absolute atomic E-state index is 12.4. The summed E-state index contributed by atoms with van der Waals surface area (Å²) in [5, 5.41) is 0. The first kappa shape index (κ1) is 12.9. The van der Waals surface area contributed by atoms with Crippen LogP contribution in [0.1, 0.15) is 24.8 Å². The molecule has 1 saturated heterocycles. The number of hydrogen-bond donors (Lipinski definition) is 0. The number of carbonyl (C=O) groups is 2. The average molecular weight is 270 g/mol. The van der Waals surface area contributed by atoms with E-state index < -0.39 is 0 Å². The molecule has 2 heterocycles. The number of rotatable bonds is 3. The summed E-state index contributed by atoms with van der Waals surface area (Å²) in [6.07, 6.45) is 4.89. The minimum atomic E-state index is -0.195. The highest BCUT2D eigenvalue weighted by Gasteiger charge is 2.34. The summed E-state index contributed by atoms with van der Waals surface area (Å²) >= 11 is 0. The van der Waals surface area contributed by atoms with Crippen LogP contribution in [0.25, 0.3) is 0 Å². The highest BCUT2D eigenvalue weighted by atomic mass is 16.2. The Morgan fingerprint density at radius 3 is 2.35 bits per heavy atom. The van der Waals surface area contributed by atoms with Crippen molar-refractivity contribution in [2.45, 2.75) is 25.8 Å². The molecule has 1 fully saturated rings. The van der Waals surface area contributed by atoms with Crippen LogP contribution in [0, 0.1) is 0 Å². The van der Waals surface area contributed by atoms with Gasteiger partial charge in [0.15, 0.2) is 0 Å². The molecule has 0 bridgehead atoms. The molecular formula is C16H18N2O2. The Bertz CT molecular complexity index is 545. The number of likely N-dealkylation sites (tertiary alicyclic amines) is 1. The van der Waals surface area contributed by atoms with Crippen molar-refractivity contribution in [2.24, 2.45) is 0 Å². The molecule has 4 heteroatoms. The first-order valence-electron chi connectivity index (χ1n) is 7.12. The van der Waals surface area contributed by atoms with Gasteiger partial charge in [-0.3, -0.25) is 14.5 Å². The molecule has 2 amide bonds. The van der Waals surface area contributed by atoms with Gasteiger partial charge in [0, 0.05) is 19.2 Å². The first-order chi connectivity index (χ1) is 9.75. The number of benzene rings is 1. The zero-order chi connectivity index (χ0) is 13.9. The van der Waals surface area contributed by atoms with Gasteiger partial charge in [-0.1, -0.05) is 30.3 Å². The van der Waals surface area contributed by atoms with E-state index in [-0.39, 0.29) is 11.8 Å². The maximum atomic E-state index is 12.4. The van der Waals surface area contributed by atoms with Crippen LogP contribution in [0.4, 0.5) is 0 Å². The van der Waals surface area contributed by atoms with E-state index in [1.165, 1.54) is 17.4 Å². The van der Waals surface area contributed by atoms with Gasteiger partial charge in [0.25, 0.3) is 11.8 Å². The summed E-state index contributed by atoms with van der Waals surface area (Å²) in [6, 6.07) is 9.62. The molecule has 4 nitrogen and oxygen atoms in total. The molecule has 20 heavy (non-hydrogen) atoms. The molecule has 0 aliphatic carbocycles. The molecule has 0 saturated carbocycles. The first-order valence-corrected chi connectivity index (χ1v) is 7.12. The van der Waals surface area contributed by atoms with Crippen molar-refractivity contribution in [1.29, 1.82) is 0 Å². The van der Waals surface area contributed by atoms with Crippen LogP contribution < -0.4 is 0 Å². The molecule has 0 aromatic heterocycles. The molecule has 3 rings (SSSR count). The van der Waals surface area contributed by atoms with E-state index in [0.29, 0.717) is 12.2 Å². The predicted octanol–water partition coefficient (Wildman–Crippen LogP) is 1.93. The Morgan fingerprint density at radius 1 is 0.950 bits per heavy atom. The molecule has 0 unspecified atom stereocenters. The van der Waals surface area contributed by atoms with Crippen LogP contribution in [0.5, 0.6) is 0 Å². The number of amides is 2. The number of carbonyl (C=O) groups excluding carboxylic acids is 2. The third-order valence-corrected chi connectivity index (χ3v) is 3.87. The van der Waals surface area contributed by atoms with Crippen molar-refractivity contribution in [2.75, 3.05) is 13.1 Å². The number of piperidine rings is 1. The number of nitrogens with zero attached hydrogens (tertiary/aromatic N) is 2. The smallest absolute Gasteiger partial charge is 0.277 e. The molecular weight excluding hydrogens is 252 g/mol. The SMILES string of the molecule is O=C1C=C(N2CCCCC2)C(=O)N1Cc1ccccc1. The van der Waals surface area contributed by atoms with E-state index in [1.807, 2.05) is 30.3 Å². The third-order valence-electron chi connectivity index (χ3n) is 3.87. The molecule has 0 N–H and O–H groups in total. The fourth-order valence-electron chi connectivity index (χ4n) is 2.77. The van der Waals surface area contributed by atoms with Gasteiger partial charge in [0.05, 0.1) is 6.54 Å². The largest absolute Gasteiger partial charge is 0.367 e. The van der Waals surface area contributed by atoms with Crippen LogP contribution in [-0.2, 0) is 16.1 Å². The van der Waals surface area contributed by atoms with Gasteiger partial charge in [-0.15, -0.1) is 0 Å². The highest BCUT2D eigenvalue weighted by molar-refractivity contribution is 6.15. The van der Waals surface area contributed by atoms with E-state index in [9.17, 15) is 9.59 Å².